The van der Waals surface area contributed by atoms with E-state index in [1.54, 1.807) is 0 Å². The first kappa shape index (κ1) is 27.2. The minimum Gasteiger partial charge on any atom is -0.344 e. The second-order valence-corrected chi connectivity index (χ2v) is 12.1. The molecule has 214 valence electrons. The van der Waals surface area contributed by atoms with Crippen LogP contribution < -0.4 is 5.32 Å². The van der Waals surface area contributed by atoms with Gasteiger partial charge in [-0.25, -0.2) is 9.98 Å². The molecule has 1 unspecified atom stereocenters. The van der Waals surface area contributed by atoms with Gasteiger partial charge in [-0.3, -0.25) is 0 Å². The highest BCUT2D eigenvalue weighted by atomic mass is 79.9. The third kappa shape index (κ3) is 5.34. The van der Waals surface area contributed by atoms with Crippen molar-refractivity contribution in [3.05, 3.63) is 179 Å². The number of nitrogens with zero attached hydrogens (tertiary/aromatic N) is 2. The van der Waals surface area contributed by atoms with Crippen LogP contribution in [0.2, 0.25) is 0 Å². The van der Waals surface area contributed by atoms with Crippen LogP contribution in [0.4, 0.5) is 0 Å². The quantitative estimate of drug-likeness (QED) is 0.199. The predicted octanol–water partition coefficient (Wildman–Crippen LogP) is 10.6. The Bertz CT molecular complexity index is 2240. The second kappa shape index (κ2) is 11.6. The van der Waals surface area contributed by atoms with E-state index in [0.29, 0.717) is 0 Å². The van der Waals surface area contributed by atoms with Gasteiger partial charge >= 0.3 is 0 Å². The molecule has 0 radical (unpaired) electrons. The van der Waals surface area contributed by atoms with Gasteiger partial charge in [0.25, 0.3) is 0 Å². The normalized spacial score (nSPS) is 14.6. The van der Waals surface area contributed by atoms with Crippen LogP contribution in [0.3, 0.4) is 0 Å². The summed E-state index contributed by atoms with van der Waals surface area (Å²) in [6.07, 6.45) is -0.216. The van der Waals surface area contributed by atoms with Crippen molar-refractivity contribution in [2.24, 2.45) is 9.98 Å². The molecule has 3 nitrogen and oxygen atoms in total. The average Bonchev–Trinajstić information content (AvgIpc) is 3.11. The van der Waals surface area contributed by atoms with Gasteiger partial charge in [-0.2, -0.15) is 0 Å². The van der Waals surface area contributed by atoms with E-state index in [4.69, 9.17) is 9.98 Å². The van der Waals surface area contributed by atoms with Gasteiger partial charge in [0.15, 0.2) is 5.84 Å². The first-order valence-electron chi connectivity index (χ1n) is 15.1. The summed E-state index contributed by atoms with van der Waals surface area (Å²) in [4.78, 5) is 9.98. The third-order valence-corrected chi connectivity index (χ3v) is 8.89. The molecule has 0 aromatic heterocycles. The van der Waals surface area contributed by atoms with Crippen LogP contribution in [-0.4, -0.2) is 11.7 Å². The molecule has 0 aliphatic carbocycles. The van der Waals surface area contributed by atoms with E-state index in [2.05, 4.69) is 143 Å². The molecule has 7 aromatic carbocycles. The molecule has 7 aromatic rings. The molecule has 0 bridgehead atoms. The smallest absolute Gasteiger partial charge is 0.159 e. The van der Waals surface area contributed by atoms with E-state index in [1.165, 1.54) is 38.2 Å². The zero-order valence-electron chi connectivity index (χ0n) is 24.4. The maximum atomic E-state index is 5.02. The lowest BCUT2D eigenvalue weighted by Gasteiger charge is -2.23. The number of hydrogen-bond donors (Lipinski definition) is 1. The van der Waals surface area contributed by atoms with Crippen LogP contribution in [-0.2, 0) is 0 Å². The Balaban J connectivity index is 1.14. The van der Waals surface area contributed by atoms with Crippen molar-refractivity contribution in [3.8, 4) is 22.3 Å². The Labute approximate surface area is 270 Å². The molecule has 0 fully saturated rings. The molecule has 4 heteroatoms. The standard InChI is InChI=1S/C41H28BrN3/c42-34-22-24-36-33(26-34)14-8-16-38(36)37-15-7-13-32-25-31(21-23-35(32)37)27-17-19-30(20-18-27)41-44-39(28-9-3-1-4-10-28)43-40(45-41)29-11-5-2-6-12-29/h1-26,39H,(H,43,44,45). The third-order valence-electron chi connectivity index (χ3n) is 8.39. The van der Waals surface area contributed by atoms with Crippen molar-refractivity contribution in [3.63, 3.8) is 0 Å². The van der Waals surface area contributed by atoms with Crippen molar-refractivity contribution < 1.29 is 0 Å². The van der Waals surface area contributed by atoms with Gasteiger partial charge in [0, 0.05) is 15.6 Å². The molecule has 1 aliphatic rings. The van der Waals surface area contributed by atoms with Crippen molar-refractivity contribution >= 4 is 49.1 Å². The lowest BCUT2D eigenvalue weighted by atomic mass is 9.92. The van der Waals surface area contributed by atoms with E-state index < -0.39 is 0 Å². The summed E-state index contributed by atoms with van der Waals surface area (Å²) in [6.45, 7) is 0. The van der Waals surface area contributed by atoms with Gasteiger partial charge in [-0.1, -0.05) is 155 Å². The van der Waals surface area contributed by atoms with Gasteiger partial charge in [-0.05, 0) is 67.6 Å². The van der Waals surface area contributed by atoms with Crippen molar-refractivity contribution in [2.45, 2.75) is 6.17 Å². The number of hydrogen-bond acceptors (Lipinski definition) is 3. The molecule has 8 rings (SSSR count). The predicted molar refractivity (Wildman–Crippen MR) is 192 cm³/mol. The first-order chi connectivity index (χ1) is 22.2. The van der Waals surface area contributed by atoms with Crippen molar-refractivity contribution in [1.29, 1.82) is 0 Å². The highest BCUT2D eigenvalue weighted by molar-refractivity contribution is 9.10. The average molecular weight is 643 g/mol. The molecule has 1 N–H and O–H groups in total. The van der Waals surface area contributed by atoms with Crippen LogP contribution in [0, 0.1) is 0 Å². The van der Waals surface area contributed by atoms with Crippen LogP contribution in [0.5, 0.6) is 0 Å². The Kier molecular flexibility index (Phi) is 7.05. The minimum absolute atomic E-state index is 0.216. The highest BCUT2D eigenvalue weighted by Gasteiger charge is 2.21. The Morgan fingerprint density at radius 3 is 1.80 bits per heavy atom. The minimum atomic E-state index is -0.216. The van der Waals surface area contributed by atoms with E-state index in [-0.39, 0.29) is 6.17 Å². The Morgan fingerprint density at radius 2 is 1.09 bits per heavy atom. The summed E-state index contributed by atoms with van der Waals surface area (Å²) >= 11 is 3.62. The number of aliphatic imine (C=N–C) groups is 2. The van der Waals surface area contributed by atoms with E-state index >= 15 is 0 Å². The summed E-state index contributed by atoms with van der Waals surface area (Å²) < 4.78 is 1.09. The number of amidine groups is 2. The SMILES string of the molecule is Brc1ccc2c(-c3cccc4cc(-c5ccc(C6=NC(c7ccccc7)NC(c7ccccc7)=N6)cc5)ccc34)cccc2c1. The van der Waals surface area contributed by atoms with Crippen molar-refractivity contribution in [1.82, 2.24) is 5.32 Å². The lowest BCUT2D eigenvalue weighted by Crippen LogP contribution is -2.33. The molecular formula is C41H28BrN3. The summed E-state index contributed by atoms with van der Waals surface area (Å²) in [5.74, 6) is 1.54. The number of fused-ring (bicyclic) bond motifs is 2. The molecule has 1 aliphatic heterocycles. The molecule has 1 heterocycles. The van der Waals surface area contributed by atoms with Gasteiger partial charge in [0.2, 0.25) is 0 Å². The van der Waals surface area contributed by atoms with E-state index in [0.717, 1.165) is 38.4 Å². The summed E-state index contributed by atoms with van der Waals surface area (Å²) in [5, 5.41) is 8.47. The maximum Gasteiger partial charge on any atom is 0.159 e. The molecule has 1 atom stereocenters. The lowest BCUT2D eigenvalue weighted by molar-refractivity contribution is 0.674. The Hall–Kier alpha value is -5.32. The first-order valence-corrected chi connectivity index (χ1v) is 15.8. The summed E-state index contributed by atoms with van der Waals surface area (Å²) in [7, 11) is 0. The fourth-order valence-electron chi connectivity index (χ4n) is 6.13. The van der Waals surface area contributed by atoms with Gasteiger partial charge in [0.05, 0.1) is 0 Å². The second-order valence-electron chi connectivity index (χ2n) is 11.2. The fraction of sp³-hybridized carbons (Fsp3) is 0.0244. The zero-order chi connectivity index (χ0) is 30.2. The van der Waals surface area contributed by atoms with Crippen LogP contribution in [0.25, 0.3) is 43.8 Å². The fourth-order valence-corrected chi connectivity index (χ4v) is 6.51. The molecular weight excluding hydrogens is 614 g/mol. The molecule has 0 saturated heterocycles. The summed E-state index contributed by atoms with van der Waals surface area (Å²) in [6, 6.07) is 55.5. The number of halogens is 1. The zero-order valence-corrected chi connectivity index (χ0v) is 25.9. The monoisotopic (exact) mass is 641 g/mol. The molecule has 0 spiro atoms. The van der Waals surface area contributed by atoms with Crippen molar-refractivity contribution in [2.75, 3.05) is 0 Å². The largest absolute Gasteiger partial charge is 0.344 e. The number of benzene rings is 7. The Morgan fingerprint density at radius 1 is 0.489 bits per heavy atom. The van der Waals surface area contributed by atoms with E-state index in [1.807, 2.05) is 36.4 Å². The highest BCUT2D eigenvalue weighted by Crippen LogP contribution is 2.36. The number of rotatable bonds is 5. The van der Waals surface area contributed by atoms with Gasteiger partial charge < -0.3 is 5.32 Å². The maximum absolute atomic E-state index is 5.02. The molecule has 45 heavy (non-hydrogen) atoms. The molecule has 0 amide bonds. The number of nitrogens with one attached hydrogen (secondary N) is 1. The van der Waals surface area contributed by atoms with Gasteiger partial charge in [-0.15, -0.1) is 0 Å². The van der Waals surface area contributed by atoms with Crippen LogP contribution in [0.1, 0.15) is 22.9 Å². The van der Waals surface area contributed by atoms with Crippen LogP contribution >= 0.6 is 15.9 Å². The topological polar surface area (TPSA) is 36.8 Å². The summed E-state index contributed by atoms with van der Waals surface area (Å²) in [5.41, 5.74) is 7.94. The van der Waals surface area contributed by atoms with Gasteiger partial charge in [0.1, 0.15) is 12.0 Å². The molecule has 0 saturated carbocycles. The van der Waals surface area contributed by atoms with E-state index in [9.17, 15) is 0 Å². The van der Waals surface area contributed by atoms with Crippen LogP contribution in [0.15, 0.2) is 172 Å².